The van der Waals surface area contributed by atoms with Gasteiger partial charge in [0.15, 0.2) is 0 Å². The Bertz CT molecular complexity index is 1050. The zero-order chi connectivity index (χ0) is 20.1. The lowest BCUT2D eigenvalue weighted by Gasteiger charge is -2.30. The van der Waals surface area contributed by atoms with Gasteiger partial charge in [0.2, 0.25) is 0 Å². The second kappa shape index (κ2) is 7.68. The van der Waals surface area contributed by atoms with Gasteiger partial charge in [0.1, 0.15) is 5.76 Å². The molecule has 0 saturated carbocycles. The Morgan fingerprint density at radius 2 is 1.83 bits per heavy atom. The second-order valence-electron chi connectivity index (χ2n) is 9.21. The molecule has 158 valence electrons. The van der Waals surface area contributed by atoms with Crippen LogP contribution in [0.1, 0.15) is 44.1 Å². The van der Waals surface area contributed by atoms with Crippen molar-refractivity contribution < 1.29 is 4.42 Å². The molecule has 3 aromatic heterocycles. The molecular formula is C24H30N4OS. The van der Waals surface area contributed by atoms with Crippen molar-refractivity contribution in [2.24, 2.45) is 0 Å². The summed E-state index contributed by atoms with van der Waals surface area (Å²) in [7, 11) is 2.23. The Balaban J connectivity index is 1.16. The minimum atomic E-state index is 1.01. The Morgan fingerprint density at radius 3 is 2.80 bits per heavy atom. The average Bonchev–Trinajstić information content (AvgIpc) is 3.47. The van der Waals surface area contributed by atoms with E-state index < -0.39 is 0 Å². The summed E-state index contributed by atoms with van der Waals surface area (Å²) < 4.78 is 6.01. The number of aromatic amines is 1. The van der Waals surface area contributed by atoms with Crippen molar-refractivity contribution in [3.05, 3.63) is 68.1 Å². The monoisotopic (exact) mass is 422 g/mol. The molecule has 0 radical (unpaired) electrons. The summed E-state index contributed by atoms with van der Waals surface area (Å²) in [6, 6.07) is 2.30. The molecule has 6 rings (SSSR count). The number of likely N-dealkylation sites (N-methyl/N-ethyl adjacent to an activating group) is 1. The van der Waals surface area contributed by atoms with Crippen molar-refractivity contribution in [1.82, 2.24) is 19.7 Å². The molecule has 5 nitrogen and oxygen atoms in total. The number of hydrogen-bond donors (Lipinski definition) is 1. The molecule has 3 aliphatic rings. The molecule has 0 saturated heterocycles. The molecule has 6 heteroatoms. The zero-order valence-electron chi connectivity index (χ0n) is 17.7. The first-order valence-corrected chi connectivity index (χ1v) is 12.1. The second-order valence-corrected chi connectivity index (χ2v) is 10.2. The van der Waals surface area contributed by atoms with Gasteiger partial charge in [-0.15, -0.1) is 11.3 Å². The Kier molecular flexibility index (Phi) is 4.83. The largest absolute Gasteiger partial charge is 0.469 e. The van der Waals surface area contributed by atoms with E-state index in [1.54, 1.807) is 4.88 Å². The van der Waals surface area contributed by atoms with Gasteiger partial charge in [-0.05, 0) is 41.6 Å². The van der Waals surface area contributed by atoms with E-state index in [4.69, 9.17) is 4.42 Å². The van der Waals surface area contributed by atoms with Gasteiger partial charge in [0, 0.05) is 93.1 Å². The van der Waals surface area contributed by atoms with Gasteiger partial charge in [-0.1, -0.05) is 0 Å². The van der Waals surface area contributed by atoms with Gasteiger partial charge in [-0.2, -0.15) is 0 Å². The van der Waals surface area contributed by atoms with Crippen LogP contribution in [0.15, 0.2) is 28.3 Å². The van der Waals surface area contributed by atoms with Gasteiger partial charge >= 0.3 is 0 Å². The molecule has 3 aromatic rings. The van der Waals surface area contributed by atoms with Crippen molar-refractivity contribution in [1.29, 1.82) is 0 Å². The standard InChI is InChI=1S/C24H30N4OS/c1-26-6-2-22-20(14-26)18(10-25-22)12-28-7-3-23-21(15-28)19(16-29-23)13-27-8-4-24-17(11-27)5-9-30-24/h5,9-10,16,25H,2-4,6-8,11-15H2,1H3. The van der Waals surface area contributed by atoms with Gasteiger partial charge in [-0.25, -0.2) is 0 Å². The van der Waals surface area contributed by atoms with E-state index in [2.05, 4.69) is 44.4 Å². The summed E-state index contributed by atoms with van der Waals surface area (Å²) in [4.78, 5) is 12.7. The van der Waals surface area contributed by atoms with Crippen LogP contribution in [-0.2, 0) is 52.0 Å². The first-order valence-electron chi connectivity index (χ1n) is 11.2. The lowest BCUT2D eigenvalue weighted by Crippen LogP contribution is -2.32. The topological polar surface area (TPSA) is 38.7 Å². The minimum Gasteiger partial charge on any atom is -0.469 e. The van der Waals surface area contributed by atoms with E-state index >= 15 is 0 Å². The number of thiophene rings is 1. The summed E-state index contributed by atoms with van der Waals surface area (Å²) >= 11 is 1.91. The maximum absolute atomic E-state index is 6.01. The third kappa shape index (κ3) is 3.46. The number of furan rings is 1. The molecule has 0 aromatic carbocycles. The molecule has 1 N–H and O–H groups in total. The molecule has 0 bridgehead atoms. The number of rotatable bonds is 4. The number of fused-ring (bicyclic) bond motifs is 3. The predicted octanol–water partition coefficient (Wildman–Crippen LogP) is 3.77. The molecular weight excluding hydrogens is 392 g/mol. The van der Waals surface area contributed by atoms with Crippen LogP contribution in [0, 0.1) is 0 Å². The van der Waals surface area contributed by atoms with Crippen LogP contribution >= 0.6 is 11.3 Å². The van der Waals surface area contributed by atoms with Crippen LogP contribution in [-0.4, -0.2) is 46.4 Å². The van der Waals surface area contributed by atoms with Gasteiger partial charge in [0.05, 0.1) is 6.26 Å². The minimum absolute atomic E-state index is 1.01. The van der Waals surface area contributed by atoms with Gasteiger partial charge in [0.25, 0.3) is 0 Å². The van der Waals surface area contributed by atoms with Crippen LogP contribution in [0.3, 0.4) is 0 Å². The molecule has 0 spiro atoms. The lowest BCUT2D eigenvalue weighted by molar-refractivity contribution is 0.226. The first-order chi connectivity index (χ1) is 14.7. The number of H-pyrrole nitrogens is 1. The smallest absolute Gasteiger partial charge is 0.109 e. The normalized spacial score (nSPS) is 20.2. The van der Waals surface area contributed by atoms with E-state index in [1.807, 2.05) is 17.6 Å². The average molecular weight is 423 g/mol. The number of aromatic nitrogens is 1. The Morgan fingerprint density at radius 1 is 0.967 bits per heavy atom. The summed E-state index contributed by atoms with van der Waals surface area (Å²) in [5.74, 6) is 1.21. The maximum Gasteiger partial charge on any atom is 0.109 e. The number of nitrogens with zero attached hydrogens (tertiary/aromatic N) is 3. The molecule has 30 heavy (non-hydrogen) atoms. The Labute approximate surface area is 182 Å². The molecule has 6 heterocycles. The highest BCUT2D eigenvalue weighted by Gasteiger charge is 2.26. The van der Waals surface area contributed by atoms with Gasteiger partial charge in [-0.3, -0.25) is 9.80 Å². The van der Waals surface area contributed by atoms with Crippen LogP contribution in [0.2, 0.25) is 0 Å². The fourth-order valence-corrected chi connectivity index (χ4v) is 6.26. The van der Waals surface area contributed by atoms with Crippen molar-refractivity contribution in [3.8, 4) is 0 Å². The highest BCUT2D eigenvalue weighted by Crippen LogP contribution is 2.30. The van der Waals surface area contributed by atoms with E-state index in [0.717, 1.165) is 65.2 Å². The zero-order valence-corrected chi connectivity index (χ0v) is 18.6. The van der Waals surface area contributed by atoms with E-state index in [-0.39, 0.29) is 0 Å². The van der Waals surface area contributed by atoms with Crippen LogP contribution in [0.5, 0.6) is 0 Å². The fraction of sp³-hybridized carbons (Fsp3) is 0.500. The van der Waals surface area contributed by atoms with Crippen molar-refractivity contribution in [2.45, 2.75) is 52.0 Å². The van der Waals surface area contributed by atoms with Crippen molar-refractivity contribution >= 4 is 11.3 Å². The highest BCUT2D eigenvalue weighted by molar-refractivity contribution is 7.10. The summed E-state index contributed by atoms with van der Waals surface area (Å²) in [6.07, 6.45) is 7.64. The number of nitrogens with one attached hydrogen (secondary N) is 1. The van der Waals surface area contributed by atoms with Crippen LogP contribution in [0.4, 0.5) is 0 Å². The molecule has 0 unspecified atom stereocenters. The predicted molar refractivity (Wildman–Crippen MR) is 119 cm³/mol. The molecule has 0 amide bonds. The first kappa shape index (κ1) is 18.9. The maximum atomic E-state index is 6.01. The van der Waals surface area contributed by atoms with Crippen LogP contribution in [0.25, 0.3) is 0 Å². The lowest BCUT2D eigenvalue weighted by atomic mass is 10.0. The van der Waals surface area contributed by atoms with Crippen molar-refractivity contribution in [2.75, 3.05) is 26.7 Å². The summed E-state index contributed by atoms with van der Waals surface area (Å²) in [5, 5.41) is 2.24. The molecule has 3 aliphatic heterocycles. The third-order valence-corrected chi connectivity index (χ3v) is 8.15. The van der Waals surface area contributed by atoms with Crippen LogP contribution < -0.4 is 0 Å². The summed E-state index contributed by atoms with van der Waals surface area (Å²) in [6.45, 7) is 8.58. The SMILES string of the molecule is CN1CCc2[nH]cc(CN3CCc4occ(CN5CCc6sccc6C5)c4C3)c2C1. The Hall–Kier alpha value is -1.86. The summed E-state index contributed by atoms with van der Waals surface area (Å²) in [5.41, 5.74) is 8.81. The molecule has 0 fully saturated rings. The fourth-order valence-electron chi connectivity index (χ4n) is 5.37. The molecule has 0 aliphatic carbocycles. The highest BCUT2D eigenvalue weighted by atomic mass is 32.1. The van der Waals surface area contributed by atoms with E-state index in [1.165, 1.54) is 45.7 Å². The van der Waals surface area contributed by atoms with E-state index in [0.29, 0.717) is 0 Å². The quantitative estimate of drug-likeness (QED) is 0.695. The van der Waals surface area contributed by atoms with E-state index in [9.17, 15) is 0 Å². The number of hydrogen-bond acceptors (Lipinski definition) is 5. The van der Waals surface area contributed by atoms with Crippen molar-refractivity contribution in [3.63, 3.8) is 0 Å². The molecule has 0 atom stereocenters. The van der Waals surface area contributed by atoms with Gasteiger partial charge < -0.3 is 14.3 Å². The third-order valence-electron chi connectivity index (χ3n) is 7.12.